The van der Waals surface area contributed by atoms with E-state index in [2.05, 4.69) is 33.0 Å². The summed E-state index contributed by atoms with van der Waals surface area (Å²) in [5.41, 5.74) is 1.22. The lowest BCUT2D eigenvalue weighted by Gasteiger charge is -2.35. The van der Waals surface area contributed by atoms with Crippen LogP contribution in [0, 0.1) is 13.8 Å². The topological polar surface area (TPSA) is 32.3 Å². The molecule has 2 rings (SSSR count). The van der Waals surface area contributed by atoms with Crippen molar-refractivity contribution in [1.29, 1.82) is 0 Å². The number of carbonyl (C=O) groups is 1. The minimum atomic E-state index is 0. The third-order valence-electron chi connectivity index (χ3n) is 3.22. The fourth-order valence-electron chi connectivity index (χ4n) is 2.33. The smallest absolute Gasteiger partial charge is 0.264 e. The molecule has 1 aliphatic heterocycles. The first-order chi connectivity index (χ1) is 7.97. The Morgan fingerprint density at radius 2 is 1.89 bits per heavy atom. The van der Waals surface area contributed by atoms with Crippen molar-refractivity contribution in [3.63, 3.8) is 0 Å². The van der Waals surface area contributed by atoms with Crippen molar-refractivity contribution < 1.29 is 4.79 Å². The van der Waals surface area contributed by atoms with E-state index in [1.54, 1.807) is 11.3 Å². The first kappa shape index (κ1) is 15.5. The molecule has 0 spiro atoms. The standard InChI is InChI=1S/C13H20N2OS.ClH/c1-8-5-12(17-11(8)4)13(16)15-6-9(2)14-10(3)7-15;/h5,9-10,14H,6-7H2,1-4H3;1H. The van der Waals surface area contributed by atoms with Crippen LogP contribution in [0.3, 0.4) is 0 Å². The molecule has 18 heavy (non-hydrogen) atoms. The molecule has 2 heterocycles. The van der Waals surface area contributed by atoms with Crippen LogP contribution in [0.25, 0.3) is 0 Å². The molecular weight excluding hydrogens is 268 g/mol. The fraction of sp³-hybridized carbons (Fsp3) is 0.615. The van der Waals surface area contributed by atoms with Gasteiger partial charge in [0.15, 0.2) is 0 Å². The molecule has 0 bridgehead atoms. The second kappa shape index (κ2) is 6.04. The molecule has 0 aliphatic carbocycles. The Bertz CT molecular complexity index is 403. The molecule has 5 heteroatoms. The van der Waals surface area contributed by atoms with Crippen LogP contribution in [-0.2, 0) is 0 Å². The van der Waals surface area contributed by atoms with Crippen molar-refractivity contribution in [2.24, 2.45) is 0 Å². The summed E-state index contributed by atoms with van der Waals surface area (Å²) in [6.07, 6.45) is 0. The summed E-state index contributed by atoms with van der Waals surface area (Å²) in [5, 5.41) is 3.44. The van der Waals surface area contributed by atoms with Crippen LogP contribution in [0.5, 0.6) is 0 Å². The van der Waals surface area contributed by atoms with Gasteiger partial charge < -0.3 is 10.2 Å². The van der Waals surface area contributed by atoms with Crippen LogP contribution >= 0.6 is 23.7 Å². The minimum absolute atomic E-state index is 0. The number of nitrogens with zero attached hydrogens (tertiary/aromatic N) is 1. The maximum Gasteiger partial charge on any atom is 0.264 e. The second-order valence-electron chi connectivity index (χ2n) is 5.03. The SMILES string of the molecule is Cc1cc(C(=O)N2CC(C)NC(C)C2)sc1C.Cl. The zero-order valence-electron chi connectivity index (χ0n) is 11.3. The lowest BCUT2D eigenvalue weighted by Crippen LogP contribution is -2.55. The van der Waals surface area contributed by atoms with Gasteiger partial charge in [0.1, 0.15) is 0 Å². The van der Waals surface area contributed by atoms with Gasteiger partial charge in [-0.2, -0.15) is 0 Å². The van der Waals surface area contributed by atoms with Crippen LogP contribution in [-0.4, -0.2) is 36.0 Å². The highest BCUT2D eigenvalue weighted by Crippen LogP contribution is 2.22. The minimum Gasteiger partial charge on any atom is -0.335 e. The van der Waals surface area contributed by atoms with E-state index in [0.717, 1.165) is 18.0 Å². The summed E-state index contributed by atoms with van der Waals surface area (Å²) in [7, 11) is 0. The summed E-state index contributed by atoms with van der Waals surface area (Å²) in [6.45, 7) is 9.99. The molecule has 1 amide bonds. The largest absolute Gasteiger partial charge is 0.335 e. The van der Waals surface area contributed by atoms with Crippen molar-refractivity contribution in [3.8, 4) is 0 Å². The highest BCUT2D eigenvalue weighted by molar-refractivity contribution is 7.14. The second-order valence-corrected chi connectivity index (χ2v) is 6.29. The van der Waals surface area contributed by atoms with Gasteiger partial charge in [0.2, 0.25) is 0 Å². The van der Waals surface area contributed by atoms with Crippen LogP contribution in [0.2, 0.25) is 0 Å². The molecule has 1 aliphatic rings. The molecule has 3 nitrogen and oxygen atoms in total. The lowest BCUT2D eigenvalue weighted by molar-refractivity contribution is 0.0678. The molecule has 2 unspecified atom stereocenters. The van der Waals surface area contributed by atoms with Crippen molar-refractivity contribution in [1.82, 2.24) is 10.2 Å². The molecule has 1 saturated heterocycles. The molecule has 1 aromatic heterocycles. The van der Waals surface area contributed by atoms with Crippen LogP contribution in [0.15, 0.2) is 6.07 Å². The van der Waals surface area contributed by atoms with Gasteiger partial charge in [-0.15, -0.1) is 23.7 Å². The van der Waals surface area contributed by atoms with Gasteiger partial charge in [0, 0.05) is 30.1 Å². The summed E-state index contributed by atoms with van der Waals surface area (Å²) < 4.78 is 0. The Morgan fingerprint density at radius 1 is 1.33 bits per heavy atom. The number of rotatable bonds is 1. The molecule has 1 aromatic rings. The third kappa shape index (κ3) is 3.25. The van der Waals surface area contributed by atoms with E-state index in [0.29, 0.717) is 12.1 Å². The highest BCUT2D eigenvalue weighted by atomic mass is 35.5. The van der Waals surface area contributed by atoms with E-state index >= 15 is 0 Å². The van der Waals surface area contributed by atoms with Gasteiger partial charge in [-0.1, -0.05) is 0 Å². The van der Waals surface area contributed by atoms with Crippen molar-refractivity contribution in [3.05, 3.63) is 21.4 Å². The molecule has 2 atom stereocenters. The van der Waals surface area contributed by atoms with Gasteiger partial charge in [0.25, 0.3) is 5.91 Å². The van der Waals surface area contributed by atoms with E-state index in [-0.39, 0.29) is 18.3 Å². The Hall–Kier alpha value is -0.580. The molecule has 1 N–H and O–H groups in total. The Morgan fingerprint density at radius 3 is 2.33 bits per heavy atom. The predicted octanol–water partition coefficient (Wildman–Crippen LogP) is 2.61. The average molecular weight is 289 g/mol. The van der Waals surface area contributed by atoms with Gasteiger partial charge in [0.05, 0.1) is 4.88 Å². The van der Waals surface area contributed by atoms with Crippen molar-refractivity contribution in [2.45, 2.75) is 39.8 Å². The van der Waals surface area contributed by atoms with Crippen molar-refractivity contribution in [2.75, 3.05) is 13.1 Å². The van der Waals surface area contributed by atoms with E-state index in [1.165, 1.54) is 10.4 Å². The predicted molar refractivity (Wildman–Crippen MR) is 79.0 cm³/mol. The van der Waals surface area contributed by atoms with Crippen LogP contribution in [0.4, 0.5) is 0 Å². The van der Waals surface area contributed by atoms with E-state index in [1.807, 2.05) is 11.0 Å². The van der Waals surface area contributed by atoms with Gasteiger partial charge in [-0.3, -0.25) is 4.79 Å². The number of carbonyl (C=O) groups excluding carboxylic acids is 1. The Labute approximate surface area is 119 Å². The molecule has 1 fully saturated rings. The first-order valence-electron chi connectivity index (χ1n) is 6.09. The normalized spacial score (nSPS) is 23.7. The highest BCUT2D eigenvalue weighted by Gasteiger charge is 2.26. The maximum absolute atomic E-state index is 12.4. The van der Waals surface area contributed by atoms with Gasteiger partial charge in [-0.05, 0) is 39.3 Å². The Kier molecular flexibility index (Phi) is 5.20. The first-order valence-corrected chi connectivity index (χ1v) is 6.91. The number of thiophene rings is 1. The Balaban J connectivity index is 0.00000162. The number of amides is 1. The maximum atomic E-state index is 12.4. The number of piperazine rings is 1. The zero-order valence-corrected chi connectivity index (χ0v) is 13.0. The van der Waals surface area contributed by atoms with E-state index < -0.39 is 0 Å². The average Bonchev–Trinajstić information content (AvgIpc) is 2.57. The van der Waals surface area contributed by atoms with E-state index in [4.69, 9.17) is 0 Å². The third-order valence-corrected chi connectivity index (χ3v) is 4.36. The van der Waals surface area contributed by atoms with Crippen LogP contribution in [0.1, 0.15) is 34.0 Å². The summed E-state index contributed by atoms with van der Waals surface area (Å²) in [4.78, 5) is 16.5. The molecular formula is C13H21ClN2OS. The number of aryl methyl sites for hydroxylation is 2. The number of hydrogen-bond acceptors (Lipinski definition) is 3. The monoisotopic (exact) mass is 288 g/mol. The summed E-state index contributed by atoms with van der Waals surface area (Å²) in [6, 6.07) is 2.77. The van der Waals surface area contributed by atoms with Crippen LogP contribution < -0.4 is 5.32 Å². The fourth-order valence-corrected chi connectivity index (χ4v) is 3.33. The zero-order chi connectivity index (χ0) is 12.6. The van der Waals surface area contributed by atoms with Crippen molar-refractivity contribution >= 4 is 29.7 Å². The molecule has 102 valence electrons. The number of halogens is 1. The molecule has 0 radical (unpaired) electrons. The molecule has 0 saturated carbocycles. The van der Waals surface area contributed by atoms with Gasteiger partial charge >= 0.3 is 0 Å². The quantitative estimate of drug-likeness (QED) is 0.861. The van der Waals surface area contributed by atoms with E-state index in [9.17, 15) is 4.79 Å². The number of hydrogen-bond donors (Lipinski definition) is 1. The molecule has 0 aromatic carbocycles. The lowest BCUT2D eigenvalue weighted by atomic mass is 10.1. The summed E-state index contributed by atoms with van der Waals surface area (Å²) >= 11 is 1.61. The summed E-state index contributed by atoms with van der Waals surface area (Å²) in [5.74, 6) is 0.186. The van der Waals surface area contributed by atoms with Gasteiger partial charge in [-0.25, -0.2) is 0 Å². The number of nitrogens with one attached hydrogen (secondary N) is 1.